The van der Waals surface area contributed by atoms with Crippen LogP contribution in [-0.4, -0.2) is 43.8 Å². The molecule has 2 aromatic rings. The Labute approximate surface area is 163 Å². The first-order valence-corrected chi connectivity index (χ1v) is 9.38. The third-order valence-corrected chi connectivity index (χ3v) is 4.86. The van der Waals surface area contributed by atoms with Gasteiger partial charge in [-0.25, -0.2) is 4.79 Å². The van der Waals surface area contributed by atoms with Gasteiger partial charge in [-0.05, 0) is 31.2 Å². The molecule has 7 heteroatoms. The van der Waals surface area contributed by atoms with E-state index in [1.807, 2.05) is 55.5 Å². The molecular weight excluding hydrogens is 358 g/mol. The Kier molecular flexibility index (Phi) is 5.06. The highest BCUT2D eigenvalue weighted by atomic mass is 16.6. The Hall–Kier alpha value is -3.22. The summed E-state index contributed by atoms with van der Waals surface area (Å²) in [5.41, 5.74) is 1.99. The summed E-state index contributed by atoms with van der Waals surface area (Å²) in [6.07, 6.45) is 0.0347. The summed E-state index contributed by atoms with van der Waals surface area (Å²) in [4.78, 5) is 26.2. The fourth-order valence-corrected chi connectivity index (χ4v) is 3.39. The van der Waals surface area contributed by atoms with Crippen molar-refractivity contribution in [1.82, 2.24) is 10.6 Å². The van der Waals surface area contributed by atoms with Gasteiger partial charge in [0.15, 0.2) is 17.6 Å². The van der Waals surface area contributed by atoms with Gasteiger partial charge in [0, 0.05) is 18.7 Å². The average molecular weight is 381 g/mol. The number of para-hydroxylation sites is 2. The highest BCUT2D eigenvalue weighted by Gasteiger charge is 2.31. The number of nitrogens with one attached hydrogen (secondary N) is 2. The number of aryl methyl sites for hydroxylation is 1. The topological polar surface area (TPSA) is 79.9 Å². The predicted octanol–water partition coefficient (Wildman–Crippen LogP) is 2.24. The lowest BCUT2D eigenvalue weighted by molar-refractivity contribution is -0.117. The van der Waals surface area contributed by atoms with Crippen LogP contribution < -0.4 is 25.0 Å². The Morgan fingerprint density at radius 2 is 1.89 bits per heavy atom. The molecule has 7 nitrogen and oxygen atoms in total. The van der Waals surface area contributed by atoms with E-state index in [0.29, 0.717) is 31.2 Å². The SMILES string of the molecule is Cc1ccc(N2C[C@H](NC(=O)NC[C@@H]3COc4ccccc4O3)CC2=O)cc1. The van der Waals surface area contributed by atoms with E-state index < -0.39 is 0 Å². The van der Waals surface area contributed by atoms with Crippen LogP contribution in [0.3, 0.4) is 0 Å². The maximum absolute atomic E-state index is 12.3. The number of urea groups is 1. The van der Waals surface area contributed by atoms with Gasteiger partial charge >= 0.3 is 6.03 Å². The Morgan fingerprint density at radius 1 is 1.14 bits per heavy atom. The van der Waals surface area contributed by atoms with E-state index >= 15 is 0 Å². The van der Waals surface area contributed by atoms with Gasteiger partial charge in [-0.2, -0.15) is 0 Å². The molecule has 0 radical (unpaired) electrons. The zero-order valence-corrected chi connectivity index (χ0v) is 15.7. The minimum Gasteiger partial charge on any atom is -0.486 e. The number of benzene rings is 2. The van der Waals surface area contributed by atoms with Crippen LogP contribution in [0.2, 0.25) is 0 Å². The summed E-state index contributed by atoms with van der Waals surface area (Å²) in [5, 5.41) is 5.67. The Balaban J connectivity index is 1.25. The van der Waals surface area contributed by atoms with Crippen LogP contribution in [0.4, 0.5) is 10.5 Å². The second-order valence-corrected chi connectivity index (χ2v) is 7.09. The van der Waals surface area contributed by atoms with Crippen molar-refractivity contribution in [3.05, 3.63) is 54.1 Å². The van der Waals surface area contributed by atoms with Crippen LogP contribution in [0, 0.1) is 6.92 Å². The molecule has 2 N–H and O–H groups in total. The Morgan fingerprint density at radius 3 is 2.68 bits per heavy atom. The van der Waals surface area contributed by atoms with Crippen molar-refractivity contribution in [2.45, 2.75) is 25.5 Å². The zero-order chi connectivity index (χ0) is 19.5. The van der Waals surface area contributed by atoms with E-state index in [2.05, 4.69) is 10.6 Å². The van der Waals surface area contributed by atoms with E-state index in [4.69, 9.17) is 9.47 Å². The second kappa shape index (κ2) is 7.80. The zero-order valence-electron chi connectivity index (χ0n) is 15.7. The van der Waals surface area contributed by atoms with Crippen molar-refractivity contribution >= 4 is 17.6 Å². The molecule has 28 heavy (non-hydrogen) atoms. The molecule has 2 aliphatic heterocycles. The minimum absolute atomic E-state index is 0.00905. The number of amides is 3. The molecule has 0 saturated carbocycles. The molecule has 2 aliphatic rings. The average Bonchev–Trinajstić information content (AvgIpc) is 3.06. The molecule has 3 amide bonds. The van der Waals surface area contributed by atoms with Gasteiger partial charge < -0.3 is 25.0 Å². The third kappa shape index (κ3) is 4.03. The quantitative estimate of drug-likeness (QED) is 0.851. The van der Waals surface area contributed by atoms with Crippen molar-refractivity contribution < 1.29 is 19.1 Å². The van der Waals surface area contributed by atoms with Crippen molar-refractivity contribution in [1.29, 1.82) is 0 Å². The van der Waals surface area contributed by atoms with Crippen LogP contribution >= 0.6 is 0 Å². The number of nitrogens with zero attached hydrogens (tertiary/aromatic N) is 1. The number of anilines is 1. The number of hydrogen-bond acceptors (Lipinski definition) is 4. The van der Waals surface area contributed by atoms with Gasteiger partial charge in [0.05, 0.1) is 12.6 Å². The van der Waals surface area contributed by atoms with Crippen molar-refractivity contribution in [3.63, 3.8) is 0 Å². The van der Waals surface area contributed by atoms with Gasteiger partial charge in [-0.15, -0.1) is 0 Å². The lowest BCUT2D eigenvalue weighted by Gasteiger charge is -2.26. The van der Waals surface area contributed by atoms with E-state index in [-0.39, 0.29) is 30.5 Å². The van der Waals surface area contributed by atoms with Gasteiger partial charge in [0.25, 0.3) is 0 Å². The summed E-state index contributed by atoms with van der Waals surface area (Å²) >= 11 is 0. The van der Waals surface area contributed by atoms with Crippen molar-refractivity contribution in [2.75, 3.05) is 24.6 Å². The van der Waals surface area contributed by atoms with Crippen molar-refractivity contribution in [2.24, 2.45) is 0 Å². The largest absolute Gasteiger partial charge is 0.486 e. The molecule has 2 aromatic carbocycles. The molecule has 0 spiro atoms. The smallest absolute Gasteiger partial charge is 0.315 e. The van der Waals surface area contributed by atoms with Crippen LogP contribution in [0.1, 0.15) is 12.0 Å². The van der Waals surface area contributed by atoms with Crippen LogP contribution in [0.15, 0.2) is 48.5 Å². The molecular formula is C21H23N3O4. The third-order valence-electron chi connectivity index (χ3n) is 4.86. The number of carbonyl (C=O) groups excluding carboxylic acids is 2. The maximum atomic E-state index is 12.3. The number of carbonyl (C=O) groups is 2. The fraction of sp³-hybridized carbons (Fsp3) is 0.333. The maximum Gasteiger partial charge on any atom is 0.315 e. The summed E-state index contributed by atoms with van der Waals surface area (Å²) < 4.78 is 11.5. The highest BCUT2D eigenvalue weighted by Crippen LogP contribution is 2.30. The normalized spacial score (nSPS) is 20.8. The second-order valence-electron chi connectivity index (χ2n) is 7.09. The molecule has 1 fully saturated rings. The van der Waals surface area contributed by atoms with Crippen molar-refractivity contribution in [3.8, 4) is 11.5 Å². The van der Waals surface area contributed by atoms with E-state index in [0.717, 1.165) is 11.3 Å². The molecule has 0 aliphatic carbocycles. The lowest BCUT2D eigenvalue weighted by atomic mass is 10.2. The first-order chi connectivity index (χ1) is 13.6. The summed E-state index contributed by atoms with van der Waals surface area (Å²) in [6.45, 7) is 3.17. The Bertz CT molecular complexity index is 868. The molecule has 0 unspecified atom stereocenters. The summed E-state index contributed by atoms with van der Waals surface area (Å²) in [5.74, 6) is 1.40. The molecule has 4 rings (SSSR count). The minimum atomic E-state index is -0.314. The van der Waals surface area contributed by atoms with Crippen LogP contribution in [0.5, 0.6) is 11.5 Å². The van der Waals surface area contributed by atoms with Gasteiger partial charge in [0.2, 0.25) is 5.91 Å². The van der Waals surface area contributed by atoms with Gasteiger partial charge in [-0.1, -0.05) is 29.8 Å². The summed E-state index contributed by atoms with van der Waals surface area (Å²) in [6, 6.07) is 14.7. The first kappa shape index (κ1) is 18.2. The van der Waals surface area contributed by atoms with Crippen LogP contribution in [0.25, 0.3) is 0 Å². The monoisotopic (exact) mass is 381 g/mol. The molecule has 1 saturated heterocycles. The molecule has 2 atom stereocenters. The fourth-order valence-electron chi connectivity index (χ4n) is 3.39. The molecule has 2 heterocycles. The highest BCUT2D eigenvalue weighted by molar-refractivity contribution is 5.96. The number of ether oxygens (including phenoxy) is 2. The number of fused-ring (bicyclic) bond motifs is 1. The van der Waals surface area contributed by atoms with Gasteiger partial charge in [-0.3, -0.25) is 4.79 Å². The van der Waals surface area contributed by atoms with E-state index in [1.165, 1.54) is 0 Å². The molecule has 146 valence electrons. The van der Waals surface area contributed by atoms with E-state index in [9.17, 15) is 9.59 Å². The predicted molar refractivity (Wildman–Crippen MR) is 105 cm³/mol. The lowest BCUT2D eigenvalue weighted by Crippen LogP contribution is -2.47. The standard InChI is InChI=1S/C21H23N3O4/c1-14-6-8-16(9-7-14)24-12-15(10-20(24)25)23-21(26)22-11-17-13-27-18-4-2-3-5-19(18)28-17/h2-9,15,17H,10-13H2,1H3,(H2,22,23,26)/t15-,17-/m1/s1. The van der Waals surface area contributed by atoms with Gasteiger partial charge in [0.1, 0.15) is 6.61 Å². The molecule has 0 aromatic heterocycles. The summed E-state index contributed by atoms with van der Waals surface area (Å²) in [7, 11) is 0. The first-order valence-electron chi connectivity index (χ1n) is 9.38. The number of rotatable bonds is 4. The van der Waals surface area contributed by atoms with Crippen LogP contribution in [-0.2, 0) is 4.79 Å². The number of hydrogen-bond donors (Lipinski definition) is 2. The molecule has 0 bridgehead atoms. The van der Waals surface area contributed by atoms with E-state index in [1.54, 1.807) is 4.90 Å².